The third kappa shape index (κ3) is 3.36. The van der Waals surface area contributed by atoms with Crippen molar-refractivity contribution in [1.82, 2.24) is 14.9 Å². The molecule has 0 aromatic carbocycles. The second kappa shape index (κ2) is 4.93. The number of aliphatic hydroxyl groups excluding tert-OH is 1. The predicted molar refractivity (Wildman–Crippen MR) is 56.4 cm³/mol. The summed E-state index contributed by atoms with van der Waals surface area (Å²) in [5.74, 6) is -0.164. The molecule has 84 valence electrons. The number of carbonyl (C=O) groups excluding carboxylic acids is 1. The van der Waals surface area contributed by atoms with Crippen molar-refractivity contribution >= 4 is 5.91 Å². The number of hydrogen-bond acceptors (Lipinski definition) is 3. The molecule has 0 aliphatic heterocycles. The largest absolute Gasteiger partial charge is 0.393 e. The molecule has 1 amide bonds. The van der Waals surface area contributed by atoms with Crippen molar-refractivity contribution < 1.29 is 9.90 Å². The van der Waals surface area contributed by atoms with Gasteiger partial charge in [0.15, 0.2) is 0 Å². The second-order valence-electron chi connectivity index (χ2n) is 3.85. The standard InChI is InChI=1S/C10H17N3O2/c1-7(4-8(2)14)12-10(15)9-5-11-6-13(9)3/h5-8,14H,4H2,1-3H3,(H,12,15). The van der Waals surface area contributed by atoms with Gasteiger partial charge in [-0.15, -0.1) is 0 Å². The minimum absolute atomic E-state index is 0.0487. The van der Waals surface area contributed by atoms with E-state index in [1.54, 1.807) is 24.9 Å². The van der Waals surface area contributed by atoms with Crippen molar-refractivity contribution in [2.75, 3.05) is 0 Å². The zero-order chi connectivity index (χ0) is 11.4. The lowest BCUT2D eigenvalue weighted by atomic mass is 10.1. The number of amides is 1. The number of aromatic nitrogens is 2. The third-order valence-electron chi connectivity index (χ3n) is 2.12. The van der Waals surface area contributed by atoms with Crippen LogP contribution in [0.5, 0.6) is 0 Å². The number of nitrogens with one attached hydrogen (secondary N) is 1. The van der Waals surface area contributed by atoms with E-state index in [0.717, 1.165) is 0 Å². The number of rotatable bonds is 4. The van der Waals surface area contributed by atoms with Gasteiger partial charge in [-0.25, -0.2) is 4.98 Å². The van der Waals surface area contributed by atoms with Crippen molar-refractivity contribution in [2.24, 2.45) is 7.05 Å². The van der Waals surface area contributed by atoms with Crippen LogP contribution in [-0.2, 0) is 7.05 Å². The Morgan fingerprint density at radius 3 is 2.80 bits per heavy atom. The monoisotopic (exact) mass is 211 g/mol. The van der Waals surface area contributed by atoms with Gasteiger partial charge in [0.05, 0.1) is 18.6 Å². The van der Waals surface area contributed by atoms with Crippen molar-refractivity contribution in [2.45, 2.75) is 32.4 Å². The average Bonchev–Trinajstić information content (AvgIpc) is 2.49. The van der Waals surface area contributed by atoms with E-state index in [4.69, 9.17) is 5.11 Å². The van der Waals surface area contributed by atoms with E-state index in [1.807, 2.05) is 6.92 Å². The summed E-state index contributed by atoms with van der Waals surface area (Å²) >= 11 is 0. The first kappa shape index (κ1) is 11.7. The molecular formula is C10H17N3O2. The number of aryl methyl sites for hydroxylation is 1. The average molecular weight is 211 g/mol. The van der Waals surface area contributed by atoms with Crippen LogP contribution in [0, 0.1) is 0 Å². The maximum absolute atomic E-state index is 11.7. The summed E-state index contributed by atoms with van der Waals surface area (Å²) in [7, 11) is 1.77. The number of hydrogen-bond donors (Lipinski definition) is 2. The summed E-state index contributed by atoms with van der Waals surface area (Å²) in [6.45, 7) is 3.56. The molecule has 2 unspecified atom stereocenters. The fraction of sp³-hybridized carbons (Fsp3) is 0.600. The first-order valence-corrected chi connectivity index (χ1v) is 4.96. The van der Waals surface area contributed by atoms with Gasteiger partial charge >= 0.3 is 0 Å². The fourth-order valence-corrected chi connectivity index (χ4v) is 1.44. The maximum Gasteiger partial charge on any atom is 0.269 e. The molecule has 2 atom stereocenters. The van der Waals surface area contributed by atoms with Gasteiger partial charge in [-0.1, -0.05) is 0 Å². The Labute approximate surface area is 89.1 Å². The fourth-order valence-electron chi connectivity index (χ4n) is 1.44. The molecule has 5 heteroatoms. The SMILES string of the molecule is CC(O)CC(C)NC(=O)c1cncn1C. The molecule has 0 spiro atoms. The minimum Gasteiger partial charge on any atom is -0.393 e. The zero-order valence-corrected chi connectivity index (χ0v) is 9.27. The molecule has 0 saturated carbocycles. The summed E-state index contributed by atoms with van der Waals surface area (Å²) in [4.78, 5) is 15.5. The van der Waals surface area contributed by atoms with E-state index in [9.17, 15) is 4.79 Å². The van der Waals surface area contributed by atoms with Crippen LogP contribution in [0.3, 0.4) is 0 Å². The Morgan fingerprint density at radius 1 is 1.67 bits per heavy atom. The van der Waals surface area contributed by atoms with E-state index in [1.165, 1.54) is 6.20 Å². The molecule has 0 aliphatic carbocycles. The number of aliphatic hydroxyl groups is 1. The van der Waals surface area contributed by atoms with Gasteiger partial charge in [0.1, 0.15) is 5.69 Å². The summed E-state index contributed by atoms with van der Waals surface area (Å²) in [5, 5.41) is 11.9. The lowest BCUT2D eigenvalue weighted by Crippen LogP contribution is -2.35. The summed E-state index contributed by atoms with van der Waals surface area (Å²) in [5.41, 5.74) is 0.521. The van der Waals surface area contributed by atoms with Crippen molar-refractivity contribution in [3.8, 4) is 0 Å². The molecule has 5 nitrogen and oxygen atoms in total. The zero-order valence-electron chi connectivity index (χ0n) is 9.27. The van der Waals surface area contributed by atoms with Gasteiger partial charge < -0.3 is 15.0 Å². The second-order valence-corrected chi connectivity index (χ2v) is 3.85. The Hall–Kier alpha value is -1.36. The molecule has 0 radical (unpaired) electrons. The van der Waals surface area contributed by atoms with E-state index in [0.29, 0.717) is 12.1 Å². The molecule has 1 rings (SSSR count). The molecule has 1 aromatic rings. The minimum atomic E-state index is -0.410. The van der Waals surface area contributed by atoms with Gasteiger partial charge in [-0.3, -0.25) is 4.79 Å². The Morgan fingerprint density at radius 2 is 2.33 bits per heavy atom. The van der Waals surface area contributed by atoms with Crippen molar-refractivity contribution in [3.05, 3.63) is 18.2 Å². The first-order chi connectivity index (χ1) is 7.00. The number of carbonyl (C=O) groups is 1. The highest BCUT2D eigenvalue weighted by Gasteiger charge is 2.13. The van der Waals surface area contributed by atoms with Gasteiger partial charge in [0.25, 0.3) is 5.91 Å². The quantitative estimate of drug-likeness (QED) is 0.753. The molecule has 0 aliphatic rings. The molecule has 0 fully saturated rings. The van der Waals surface area contributed by atoms with Crippen LogP contribution in [-0.4, -0.2) is 32.7 Å². The van der Waals surface area contributed by atoms with Gasteiger partial charge in [-0.2, -0.15) is 0 Å². The highest BCUT2D eigenvalue weighted by Crippen LogP contribution is 2.00. The maximum atomic E-state index is 11.7. The Balaban J connectivity index is 2.53. The number of imidazole rings is 1. The van der Waals surface area contributed by atoms with Gasteiger partial charge in [-0.05, 0) is 20.3 Å². The summed E-state index contributed by atoms with van der Waals surface area (Å²) < 4.78 is 1.66. The molecular weight excluding hydrogens is 194 g/mol. The lowest BCUT2D eigenvalue weighted by molar-refractivity contribution is 0.0915. The third-order valence-corrected chi connectivity index (χ3v) is 2.12. The molecule has 0 saturated heterocycles. The highest BCUT2D eigenvalue weighted by atomic mass is 16.3. The topological polar surface area (TPSA) is 67.2 Å². The molecule has 1 heterocycles. The Kier molecular flexibility index (Phi) is 3.85. The van der Waals surface area contributed by atoms with E-state index >= 15 is 0 Å². The highest BCUT2D eigenvalue weighted by molar-refractivity contribution is 5.92. The molecule has 15 heavy (non-hydrogen) atoms. The van der Waals surface area contributed by atoms with Crippen molar-refractivity contribution in [1.29, 1.82) is 0 Å². The van der Waals surface area contributed by atoms with Gasteiger partial charge in [0, 0.05) is 13.1 Å². The van der Waals surface area contributed by atoms with Crippen LogP contribution in [0.15, 0.2) is 12.5 Å². The van der Waals surface area contributed by atoms with Crippen LogP contribution >= 0.6 is 0 Å². The van der Waals surface area contributed by atoms with Crippen LogP contribution in [0.1, 0.15) is 30.8 Å². The molecule has 0 bridgehead atoms. The molecule has 2 N–H and O–H groups in total. The summed E-state index contributed by atoms with van der Waals surface area (Å²) in [6.07, 6.45) is 3.23. The van der Waals surface area contributed by atoms with Gasteiger partial charge in [0.2, 0.25) is 0 Å². The van der Waals surface area contributed by atoms with Crippen LogP contribution in [0.2, 0.25) is 0 Å². The van der Waals surface area contributed by atoms with E-state index < -0.39 is 6.10 Å². The van der Waals surface area contributed by atoms with Crippen LogP contribution in [0.4, 0.5) is 0 Å². The van der Waals surface area contributed by atoms with Crippen molar-refractivity contribution in [3.63, 3.8) is 0 Å². The smallest absolute Gasteiger partial charge is 0.269 e. The predicted octanol–water partition coefficient (Wildman–Crippen LogP) is 0.309. The normalized spacial score (nSPS) is 14.7. The van der Waals surface area contributed by atoms with Crippen LogP contribution < -0.4 is 5.32 Å². The van der Waals surface area contributed by atoms with E-state index in [-0.39, 0.29) is 11.9 Å². The summed E-state index contributed by atoms with van der Waals surface area (Å²) in [6, 6.07) is -0.0487. The van der Waals surface area contributed by atoms with Crippen LogP contribution in [0.25, 0.3) is 0 Å². The number of nitrogens with zero attached hydrogens (tertiary/aromatic N) is 2. The Bertz CT molecular complexity index is 333. The molecule has 1 aromatic heterocycles. The first-order valence-electron chi connectivity index (χ1n) is 4.96. The van der Waals surface area contributed by atoms with E-state index in [2.05, 4.69) is 10.3 Å². The lowest BCUT2D eigenvalue weighted by Gasteiger charge is -2.15.